The molecule has 84 valence electrons. The Bertz CT molecular complexity index is 428. The summed E-state index contributed by atoms with van der Waals surface area (Å²) in [7, 11) is 0. The number of pyridine rings is 1. The van der Waals surface area contributed by atoms with Crippen LogP contribution in [0.3, 0.4) is 0 Å². The van der Waals surface area contributed by atoms with Gasteiger partial charge in [-0.2, -0.15) is 0 Å². The fraction of sp³-hybridized carbons (Fsp3) is 0.333. The molecule has 2 unspecified atom stereocenters. The number of nitrogens with zero attached hydrogens (tertiary/aromatic N) is 1. The maximum Gasteiger partial charge on any atom is 0.232 e. The number of nitrogens with one attached hydrogen (secondary N) is 1. The summed E-state index contributed by atoms with van der Waals surface area (Å²) < 4.78 is 0. The summed E-state index contributed by atoms with van der Waals surface area (Å²) in [6, 6.07) is 3.76. The minimum Gasteiger partial charge on any atom is -0.324 e. The van der Waals surface area contributed by atoms with Gasteiger partial charge in [0, 0.05) is 12.2 Å². The Balaban J connectivity index is 2.03. The van der Waals surface area contributed by atoms with Crippen LogP contribution in [0.1, 0.15) is 12.0 Å². The van der Waals surface area contributed by atoms with Crippen molar-refractivity contribution in [1.29, 1.82) is 0 Å². The first-order valence-electron chi connectivity index (χ1n) is 5.33. The van der Waals surface area contributed by atoms with E-state index in [9.17, 15) is 4.79 Å². The number of aromatic nitrogens is 1. The molecule has 1 aromatic rings. The van der Waals surface area contributed by atoms with Gasteiger partial charge in [0.1, 0.15) is 5.82 Å². The molecule has 2 atom stereocenters. The van der Waals surface area contributed by atoms with Gasteiger partial charge in [0.15, 0.2) is 0 Å². The van der Waals surface area contributed by atoms with Crippen molar-refractivity contribution in [3.8, 4) is 0 Å². The Morgan fingerprint density at radius 3 is 3.00 bits per heavy atom. The standard InChI is InChI=1S/C12H15N3O/c1-8-3-2-6-14-11(8)15-12(16)9-4-5-10(13)7-9/h2-6,9-10H,7,13H2,1H3,(H,14,15,16). The van der Waals surface area contributed by atoms with Gasteiger partial charge in [-0.15, -0.1) is 0 Å². The van der Waals surface area contributed by atoms with Crippen LogP contribution in [0.15, 0.2) is 30.5 Å². The first-order chi connectivity index (χ1) is 7.66. The Kier molecular flexibility index (Phi) is 3.01. The molecule has 1 aliphatic carbocycles. The largest absolute Gasteiger partial charge is 0.324 e. The van der Waals surface area contributed by atoms with Crippen molar-refractivity contribution in [1.82, 2.24) is 4.98 Å². The quantitative estimate of drug-likeness (QED) is 0.732. The van der Waals surface area contributed by atoms with E-state index < -0.39 is 0 Å². The van der Waals surface area contributed by atoms with E-state index in [0.29, 0.717) is 12.2 Å². The summed E-state index contributed by atoms with van der Waals surface area (Å²) in [4.78, 5) is 16.0. The number of nitrogens with two attached hydrogens (primary N) is 1. The zero-order valence-electron chi connectivity index (χ0n) is 9.18. The maximum atomic E-state index is 11.9. The van der Waals surface area contributed by atoms with Gasteiger partial charge < -0.3 is 11.1 Å². The predicted octanol–water partition coefficient (Wildman–Crippen LogP) is 1.23. The number of aryl methyl sites for hydroxylation is 1. The lowest BCUT2D eigenvalue weighted by molar-refractivity contribution is -0.118. The zero-order valence-corrected chi connectivity index (χ0v) is 9.18. The third kappa shape index (κ3) is 2.28. The lowest BCUT2D eigenvalue weighted by Gasteiger charge is -2.11. The molecule has 1 aliphatic rings. The number of anilines is 1. The second-order valence-corrected chi connectivity index (χ2v) is 4.05. The number of amides is 1. The van der Waals surface area contributed by atoms with Gasteiger partial charge in [0.2, 0.25) is 5.91 Å². The minimum absolute atomic E-state index is 0.000537. The fourth-order valence-corrected chi connectivity index (χ4v) is 1.75. The summed E-state index contributed by atoms with van der Waals surface area (Å²) in [6.45, 7) is 1.92. The van der Waals surface area contributed by atoms with Gasteiger partial charge in [0.25, 0.3) is 0 Å². The number of hydrogen-bond acceptors (Lipinski definition) is 3. The van der Waals surface area contributed by atoms with Crippen molar-refractivity contribution < 1.29 is 4.79 Å². The lowest BCUT2D eigenvalue weighted by Crippen LogP contribution is -2.24. The Morgan fingerprint density at radius 2 is 2.38 bits per heavy atom. The van der Waals surface area contributed by atoms with Crippen molar-refractivity contribution in [2.45, 2.75) is 19.4 Å². The van der Waals surface area contributed by atoms with Crippen LogP contribution < -0.4 is 11.1 Å². The van der Waals surface area contributed by atoms with Crippen LogP contribution in [-0.2, 0) is 4.79 Å². The van der Waals surface area contributed by atoms with E-state index in [1.165, 1.54) is 0 Å². The molecule has 4 nitrogen and oxygen atoms in total. The first kappa shape index (κ1) is 10.8. The molecule has 0 aromatic carbocycles. The normalized spacial score (nSPS) is 23.4. The molecule has 0 bridgehead atoms. The molecule has 0 spiro atoms. The molecular formula is C12H15N3O. The monoisotopic (exact) mass is 217 g/mol. The molecule has 0 aliphatic heterocycles. The number of hydrogen-bond donors (Lipinski definition) is 2. The lowest BCUT2D eigenvalue weighted by atomic mass is 10.1. The summed E-state index contributed by atoms with van der Waals surface area (Å²) in [5.41, 5.74) is 6.66. The number of rotatable bonds is 2. The molecule has 1 amide bonds. The Morgan fingerprint density at radius 1 is 1.56 bits per heavy atom. The van der Waals surface area contributed by atoms with E-state index in [-0.39, 0.29) is 17.9 Å². The second-order valence-electron chi connectivity index (χ2n) is 4.05. The van der Waals surface area contributed by atoms with E-state index >= 15 is 0 Å². The van der Waals surface area contributed by atoms with E-state index in [4.69, 9.17) is 5.73 Å². The van der Waals surface area contributed by atoms with E-state index in [2.05, 4.69) is 10.3 Å². The van der Waals surface area contributed by atoms with Crippen LogP contribution in [-0.4, -0.2) is 16.9 Å². The highest BCUT2D eigenvalue weighted by Gasteiger charge is 2.23. The van der Waals surface area contributed by atoms with Gasteiger partial charge in [-0.25, -0.2) is 4.98 Å². The molecule has 0 radical (unpaired) electrons. The van der Waals surface area contributed by atoms with Gasteiger partial charge in [-0.3, -0.25) is 4.79 Å². The van der Waals surface area contributed by atoms with Crippen molar-refractivity contribution in [2.24, 2.45) is 11.7 Å². The van der Waals surface area contributed by atoms with E-state index in [1.807, 2.05) is 31.2 Å². The molecule has 0 saturated carbocycles. The van der Waals surface area contributed by atoms with Gasteiger partial charge >= 0.3 is 0 Å². The Hall–Kier alpha value is -1.68. The summed E-state index contributed by atoms with van der Waals surface area (Å²) in [5, 5.41) is 2.82. The van der Waals surface area contributed by atoms with Gasteiger partial charge in [0.05, 0.1) is 5.92 Å². The van der Waals surface area contributed by atoms with Crippen LogP contribution in [0.4, 0.5) is 5.82 Å². The van der Waals surface area contributed by atoms with E-state index in [1.54, 1.807) is 6.20 Å². The molecule has 1 aromatic heterocycles. The molecule has 16 heavy (non-hydrogen) atoms. The fourth-order valence-electron chi connectivity index (χ4n) is 1.75. The average molecular weight is 217 g/mol. The Labute approximate surface area is 94.6 Å². The maximum absolute atomic E-state index is 11.9. The van der Waals surface area contributed by atoms with Crippen LogP contribution in [0.5, 0.6) is 0 Å². The summed E-state index contributed by atoms with van der Waals surface area (Å²) in [5.74, 6) is 0.462. The summed E-state index contributed by atoms with van der Waals surface area (Å²) in [6.07, 6.45) is 6.07. The molecule has 2 rings (SSSR count). The highest BCUT2D eigenvalue weighted by atomic mass is 16.1. The van der Waals surface area contributed by atoms with Crippen molar-refractivity contribution in [3.63, 3.8) is 0 Å². The van der Waals surface area contributed by atoms with Crippen LogP contribution >= 0.6 is 0 Å². The zero-order chi connectivity index (χ0) is 11.5. The van der Waals surface area contributed by atoms with Crippen LogP contribution in [0.25, 0.3) is 0 Å². The number of carbonyl (C=O) groups is 1. The second kappa shape index (κ2) is 4.45. The molecule has 0 fully saturated rings. The van der Waals surface area contributed by atoms with Gasteiger partial charge in [-0.1, -0.05) is 18.2 Å². The molecular weight excluding hydrogens is 202 g/mol. The van der Waals surface area contributed by atoms with Crippen LogP contribution in [0.2, 0.25) is 0 Å². The highest BCUT2D eigenvalue weighted by Crippen LogP contribution is 2.19. The third-order valence-electron chi connectivity index (χ3n) is 2.70. The molecule has 1 heterocycles. The van der Waals surface area contributed by atoms with Crippen molar-refractivity contribution >= 4 is 11.7 Å². The third-order valence-corrected chi connectivity index (χ3v) is 2.70. The number of carbonyl (C=O) groups excluding carboxylic acids is 1. The molecule has 4 heteroatoms. The SMILES string of the molecule is Cc1cccnc1NC(=O)C1C=CC(N)C1. The topological polar surface area (TPSA) is 68.0 Å². The first-order valence-corrected chi connectivity index (χ1v) is 5.33. The van der Waals surface area contributed by atoms with Crippen molar-refractivity contribution in [3.05, 3.63) is 36.0 Å². The predicted molar refractivity (Wildman–Crippen MR) is 62.8 cm³/mol. The molecule has 0 saturated heterocycles. The molecule has 3 N–H and O–H groups in total. The average Bonchev–Trinajstić information content (AvgIpc) is 2.68. The minimum atomic E-state index is -0.128. The van der Waals surface area contributed by atoms with Gasteiger partial charge in [-0.05, 0) is 25.0 Å². The van der Waals surface area contributed by atoms with Crippen molar-refractivity contribution in [2.75, 3.05) is 5.32 Å². The smallest absolute Gasteiger partial charge is 0.232 e. The van der Waals surface area contributed by atoms with E-state index in [0.717, 1.165) is 5.56 Å². The summed E-state index contributed by atoms with van der Waals surface area (Å²) >= 11 is 0. The van der Waals surface area contributed by atoms with Crippen LogP contribution in [0, 0.1) is 12.8 Å². The highest BCUT2D eigenvalue weighted by molar-refractivity contribution is 5.93.